The number of aryl methyl sites for hydroxylation is 1. The number of urea groups is 1. The Morgan fingerprint density at radius 3 is 2.93 bits per heavy atom. The summed E-state index contributed by atoms with van der Waals surface area (Å²) in [4.78, 5) is 24.0. The van der Waals surface area contributed by atoms with Crippen LogP contribution in [-0.2, 0) is 0 Å². The maximum absolute atomic E-state index is 12.7. The van der Waals surface area contributed by atoms with Crippen LogP contribution in [0.1, 0.15) is 18.5 Å². The molecule has 2 amide bonds. The lowest BCUT2D eigenvalue weighted by molar-refractivity contribution is 0.200. The van der Waals surface area contributed by atoms with Crippen molar-refractivity contribution >= 4 is 28.2 Å². The molecule has 4 rings (SSSR count). The van der Waals surface area contributed by atoms with Gasteiger partial charge >= 0.3 is 6.03 Å². The summed E-state index contributed by atoms with van der Waals surface area (Å²) in [7, 11) is 1.70. The summed E-state index contributed by atoms with van der Waals surface area (Å²) in [6, 6.07) is 8.25. The van der Waals surface area contributed by atoms with Gasteiger partial charge in [-0.1, -0.05) is 6.07 Å². The highest BCUT2D eigenvalue weighted by atomic mass is 32.1. The molecule has 1 atom stereocenters. The first-order valence-corrected chi connectivity index (χ1v) is 11.6. The number of aromatic nitrogens is 1. The number of ether oxygens (including phenoxy) is 1. The average Bonchev–Trinajstić information content (AvgIpc) is 3.35. The number of amides is 2. The Balaban J connectivity index is 1.24. The van der Waals surface area contributed by atoms with Crippen LogP contribution in [-0.4, -0.2) is 68.8 Å². The molecule has 0 bridgehead atoms. The first-order valence-electron chi connectivity index (χ1n) is 10.7. The molecular formula is C22H31N5O2S. The predicted octanol–water partition coefficient (Wildman–Crippen LogP) is 3.21. The van der Waals surface area contributed by atoms with Gasteiger partial charge in [0.05, 0.1) is 12.8 Å². The lowest BCUT2D eigenvalue weighted by atomic mass is 10.1. The molecule has 1 N–H and O–H groups in total. The Bertz CT molecular complexity index is 858. The van der Waals surface area contributed by atoms with Gasteiger partial charge in [0.1, 0.15) is 5.75 Å². The zero-order valence-electron chi connectivity index (χ0n) is 17.8. The quantitative estimate of drug-likeness (QED) is 0.791. The Hall–Kier alpha value is -2.48. The van der Waals surface area contributed by atoms with Crippen molar-refractivity contribution in [1.29, 1.82) is 0 Å². The van der Waals surface area contributed by atoms with E-state index in [0.29, 0.717) is 5.92 Å². The van der Waals surface area contributed by atoms with E-state index in [9.17, 15) is 4.79 Å². The van der Waals surface area contributed by atoms with Crippen molar-refractivity contribution in [1.82, 2.24) is 15.2 Å². The fraction of sp³-hybridized carbons (Fsp3) is 0.545. The number of hydrogen-bond donors (Lipinski definition) is 1. The summed E-state index contributed by atoms with van der Waals surface area (Å²) < 4.78 is 5.34. The molecule has 0 saturated carbocycles. The lowest BCUT2D eigenvalue weighted by Gasteiger charge is -2.23. The second kappa shape index (κ2) is 9.55. The molecule has 162 valence electrons. The van der Waals surface area contributed by atoms with Crippen LogP contribution in [0.3, 0.4) is 0 Å². The van der Waals surface area contributed by atoms with Crippen LogP contribution in [0.15, 0.2) is 29.6 Å². The predicted molar refractivity (Wildman–Crippen MR) is 122 cm³/mol. The smallest absolute Gasteiger partial charge is 0.317 e. The van der Waals surface area contributed by atoms with E-state index in [4.69, 9.17) is 4.74 Å². The topological polar surface area (TPSA) is 60.9 Å². The summed E-state index contributed by atoms with van der Waals surface area (Å²) in [6.07, 6.45) is 2.06. The molecule has 3 heterocycles. The molecular weight excluding hydrogens is 398 g/mol. The number of nitrogens with one attached hydrogen (secondary N) is 1. The molecule has 1 aromatic heterocycles. The standard InChI is InChI=1S/C22H31N5O2S/c1-17-16-30-22(24-17)26-9-4-8-25(11-12-26)21(28)23-14-18-7-10-27(15-18)19-5-3-6-20(13-19)29-2/h3,5-6,13,16,18H,4,7-12,14-15H2,1-2H3,(H,23,28). The SMILES string of the molecule is COc1cccc(N2CCC(CNC(=O)N3CCCN(c4nc(C)cs4)CC3)C2)c1. The Kier molecular flexibility index (Phi) is 6.62. The Morgan fingerprint density at radius 1 is 1.23 bits per heavy atom. The van der Waals surface area contributed by atoms with Crippen LogP contribution in [0.4, 0.5) is 15.6 Å². The van der Waals surface area contributed by atoms with E-state index in [1.165, 1.54) is 5.69 Å². The van der Waals surface area contributed by atoms with Crippen LogP contribution in [0.2, 0.25) is 0 Å². The minimum atomic E-state index is 0.0620. The van der Waals surface area contributed by atoms with E-state index in [0.717, 1.165) is 75.2 Å². The number of thiazole rings is 1. The maximum Gasteiger partial charge on any atom is 0.317 e. The number of methoxy groups -OCH3 is 1. The summed E-state index contributed by atoms with van der Waals surface area (Å²) in [5.41, 5.74) is 2.25. The van der Waals surface area contributed by atoms with Crippen molar-refractivity contribution in [3.63, 3.8) is 0 Å². The average molecular weight is 430 g/mol. The van der Waals surface area contributed by atoms with Gasteiger partial charge in [-0.25, -0.2) is 9.78 Å². The Labute approximate surface area is 182 Å². The summed E-state index contributed by atoms with van der Waals surface area (Å²) in [5.74, 6) is 1.36. The van der Waals surface area contributed by atoms with E-state index in [1.54, 1.807) is 18.4 Å². The lowest BCUT2D eigenvalue weighted by Crippen LogP contribution is -2.43. The fourth-order valence-corrected chi connectivity index (χ4v) is 5.04. The van der Waals surface area contributed by atoms with Crippen LogP contribution in [0.25, 0.3) is 0 Å². The molecule has 2 fully saturated rings. The minimum Gasteiger partial charge on any atom is -0.497 e. The second-order valence-corrected chi connectivity index (χ2v) is 8.92. The molecule has 2 aromatic rings. The first kappa shape index (κ1) is 20.8. The third kappa shape index (κ3) is 4.98. The molecule has 2 saturated heterocycles. The molecule has 0 aliphatic carbocycles. The van der Waals surface area contributed by atoms with Gasteiger partial charge in [-0.05, 0) is 37.8 Å². The molecule has 1 unspecified atom stereocenters. The van der Waals surface area contributed by atoms with E-state index in [1.807, 2.05) is 24.0 Å². The molecule has 8 heteroatoms. The third-order valence-corrected chi connectivity index (χ3v) is 6.93. The highest BCUT2D eigenvalue weighted by molar-refractivity contribution is 7.13. The van der Waals surface area contributed by atoms with Gasteiger partial charge in [-0.2, -0.15) is 0 Å². The highest BCUT2D eigenvalue weighted by Crippen LogP contribution is 2.26. The molecule has 0 spiro atoms. The number of anilines is 2. The summed E-state index contributed by atoms with van der Waals surface area (Å²) in [6.45, 7) is 8.06. The molecule has 7 nitrogen and oxygen atoms in total. The van der Waals surface area contributed by atoms with E-state index in [-0.39, 0.29) is 6.03 Å². The maximum atomic E-state index is 12.7. The van der Waals surface area contributed by atoms with Gasteiger partial charge in [0.2, 0.25) is 0 Å². The van der Waals surface area contributed by atoms with Gasteiger partial charge in [0, 0.05) is 62.9 Å². The molecule has 1 aromatic carbocycles. The zero-order valence-corrected chi connectivity index (χ0v) is 18.7. The van der Waals surface area contributed by atoms with Gasteiger partial charge in [-0.3, -0.25) is 0 Å². The van der Waals surface area contributed by atoms with E-state index in [2.05, 4.69) is 37.6 Å². The number of nitrogens with zero attached hydrogens (tertiary/aromatic N) is 4. The summed E-state index contributed by atoms with van der Waals surface area (Å²) >= 11 is 1.69. The van der Waals surface area contributed by atoms with Crippen molar-refractivity contribution in [2.24, 2.45) is 5.92 Å². The van der Waals surface area contributed by atoms with Gasteiger partial charge in [-0.15, -0.1) is 11.3 Å². The molecule has 2 aliphatic rings. The van der Waals surface area contributed by atoms with Crippen LogP contribution in [0, 0.1) is 12.8 Å². The molecule has 0 radical (unpaired) electrons. The second-order valence-electron chi connectivity index (χ2n) is 8.09. The van der Waals surface area contributed by atoms with Gasteiger partial charge in [0.15, 0.2) is 5.13 Å². The van der Waals surface area contributed by atoms with Crippen molar-refractivity contribution in [2.75, 3.05) is 62.7 Å². The van der Waals surface area contributed by atoms with Crippen LogP contribution >= 0.6 is 11.3 Å². The summed E-state index contributed by atoms with van der Waals surface area (Å²) in [5, 5.41) is 6.33. The number of carbonyl (C=O) groups is 1. The normalized spacial score (nSPS) is 19.7. The van der Waals surface area contributed by atoms with E-state index >= 15 is 0 Å². The van der Waals surface area contributed by atoms with Gasteiger partial charge < -0.3 is 24.8 Å². The first-order chi connectivity index (χ1) is 14.6. The zero-order chi connectivity index (χ0) is 20.9. The molecule has 30 heavy (non-hydrogen) atoms. The van der Waals surface area contributed by atoms with Crippen LogP contribution in [0.5, 0.6) is 5.75 Å². The number of carbonyl (C=O) groups excluding carboxylic acids is 1. The largest absolute Gasteiger partial charge is 0.497 e. The number of rotatable bonds is 5. The van der Waals surface area contributed by atoms with Crippen LogP contribution < -0.4 is 19.9 Å². The number of hydrogen-bond acceptors (Lipinski definition) is 6. The van der Waals surface area contributed by atoms with E-state index < -0.39 is 0 Å². The van der Waals surface area contributed by atoms with Gasteiger partial charge in [0.25, 0.3) is 0 Å². The third-order valence-electron chi connectivity index (χ3n) is 5.91. The Morgan fingerprint density at radius 2 is 2.13 bits per heavy atom. The fourth-order valence-electron chi connectivity index (χ4n) is 4.18. The number of benzene rings is 1. The highest BCUT2D eigenvalue weighted by Gasteiger charge is 2.25. The molecule has 2 aliphatic heterocycles. The van der Waals surface area contributed by atoms with Crippen molar-refractivity contribution in [3.8, 4) is 5.75 Å². The van der Waals surface area contributed by atoms with Crippen molar-refractivity contribution < 1.29 is 9.53 Å². The monoisotopic (exact) mass is 429 g/mol. The van der Waals surface area contributed by atoms with Crippen molar-refractivity contribution in [2.45, 2.75) is 19.8 Å². The van der Waals surface area contributed by atoms with Crippen molar-refractivity contribution in [3.05, 3.63) is 35.3 Å². The minimum absolute atomic E-state index is 0.0620.